The van der Waals surface area contributed by atoms with Gasteiger partial charge >= 0.3 is 6.03 Å². The van der Waals surface area contributed by atoms with Gasteiger partial charge in [0.1, 0.15) is 0 Å². The van der Waals surface area contributed by atoms with Gasteiger partial charge in [0.25, 0.3) is 0 Å². The van der Waals surface area contributed by atoms with Gasteiger partial charge in [0.2, 0.25) is 5.91 Å². The van der Waals surface area contributed by atoms with Gasteiger partial charge in [-0.05, 0) is 29.7 Å². The molecule has 24 heavy (non-hydrogen) atoms. The van der Waals surface area contributed by atoms with Crippen molar-refractivity contribution in [2.24, 2.45) is 0 Å². The monoisotopic (exact) mass is 324 g/mol. The van der Waals surface area contributed by atoms with E-state index in [1.807, 2.05) is 42.5 Å². The lowest BCUT2D eigenvalue weighted by atomic mass is 9.88. The summed E-state index contributed by atoms with van der Waals surface area (Å²) in [4.78, 5) is 27.8. The molecule has 1 fully saturated rings. The van der Waals surface area contributed by atoms with Crippen LogP contribution in [0.2, 0.25) is 0 Å². The van der Waals surface area contributed by atoms with Crippen LogP contribution in [0.3, 0.4) is 0 Å². The summed E-state index contributed by atoms with van der Waals surface area (Å²) in [6, 6.07) is 13.2. The Balaban J connectivity index is 1.60. The predicted molar refractivity (Wildman–Crippen MR) is 90.0 cm³/mol. The van der Waals surface area contributed by atoms with Gasteiger partial charge in [0, 0.05) is 31.9 Å². The van der Waals surface area contributed by atoms with E-state index in [1.165, 1.54) is 0 Å². The number of carbonyl (C=O) groups is 2. The maximum atomic E-state index is 12.1. The number of benzene rings is 1. The maximum Gasteiger partial charge on any atom is 0.315 e. The van der Waals surface area contributed by atoms with Crippen molar-refractivity contribution >= 4 is 11.9 Å². The first-order valence-electron chi connectivity index (χ1n) is 7.95. The van der Waals surface area contributed by atoms with Crippen LogP contribution in [0.15, 0.2) is 54.9 Å². The van der Waals surface area contributed by atoms with Crippen molar-refractivity contribution in [3.05, 3.63) is 66.0 Å². The normalized spacial score (nSPS) is 19.6. The lowest BCUT2D eigenvalue weighted by Crippen LogP contribution is -2.50. The molecule has 0 spiro atoms. The third-order valence-corrected chi connectivity index (χ3v) is 4.24. The minimum atomic E-state index is -0.535. The van der Waals surface area contributed by atoms with E-state index in [0.29, 0.717) is 25.9 Å². The minimum Gasteiger partial charge on any atom is -0.345 e. The van der Waals surface area contributed by atoms with Gasteiger partial charge in [-0.1, -0.05) is 30.3 Å². The van der Waals surface area contributed by atoms with Crippen molar-refractivity contribution in [3.63, 3.8) is 0 Å². The molecular formula is C18H20N4O2. The van der Waals surface area contributed by atoms with Crippen LogP contribution in [0.1, 0.15) is 24.0 Å². The Morgan fingerprint density at radius 1 is 1.12 bits per heavy atom. The fraction of sp³-hybridized carbons (Fsp3) is 0.278. The second kappa shape index (κ2) is 7.12. The van der Waals surface area contributed by atoms with E-state index in [0.717, 1.165) is 11.1 Å². The SMILES string of the molecule is O=C1CCC(CNC(=O)NCc2ccncc2)(c2ccccc2)N1. The molecule has 6 nitrogen and oxygen atoms in total. The van der Waals surface area contributed by atoms with E-state index in [1.54, 1.807) is 12.4 Å². The Labute approximate surface area is 140 Å². The highest BCUT2D eigenvalue weighted by atomic mass is 16.2. The van der Waals surface area contributed by atoms with Crippen molar-refractivity contribution < 1.29 is 9.59 Å². The molecule has 1 aliphatic heterocycles. The van der Waals surface area contributed by atoms with Crippen molar-refractivity contribution in [2.75, 3.05) is 6.54 Å². The van der Waals surface area contributed by atoms with E-state index >= 15 is 0 Å². The fourth-order valence-electron chi connectivity index (χ4n) is 2.90. The molecule has 2 heterocycles. The minimum absolute atomic E-state index is 0.0119. The number of hydrogen-bond acceptors (Lipinski definition) is 3. The van der Waals surface area contributed by atoms with Crippen LogP contribution in [-0.2, 0) is 16.9 Å². The van der Waals surface area contributed by atoms with Crippen molar-refractivity contribution in [3.8, 4) is 0 Å². The number of aromatic nitrogens is 1. The Kier molecular flexibility index (Phi) is 4.74. The van der Waals surface area contributed by atoms with Crippen LogP contribution in [0.25, 0.3) is 0 Å². The lowest BCUT2D eigenvalue weighted by Gasteiger charge is -2.30. The van der Waals surface area contributed by atoms with Crippen molar-refractivity contribution in [2.45, 2.75) is 24.9 Å². The molecule has 1 saturated heterocycles. The molecule has 1 atom stereocenters. The van der Waals surface area contributed by atoms with Gasteiger partial charge in [-0.25, -0.2) is 4.79 Å². The average molecular weight is 324 g/mol. The smallest absolute Gasteiger partial charge is 0.315 e. The summed E-state index contributed by atoms with van der Waals surface area (Å²) in [5.74, 6) is 0.0119. The van der Waals surface area contributed by atoms with Crippen molar-refractivity contribution in [1.29, 1.82) is 0 Å². The zero-order valence-corrected chi connectivity index (χ0v) is 13.3. The molecule has 0 radical (unpaired) electrons. The highest BCUT2D eigenvalue weighted by Crippen LogP contribution is 2.30. The zero-order valence-electron chi connectivity index (χ0n) is 13.3. The molecule has 1 aromatic heterocycles. The van der Waals surface area contributed by atoms with Crippen molar-refractivity contribution in [1.82, 2.24) is 20.9 Å². The van der Waals surface area contributed by atoms with Crippen LogP contribution in [0.4, 0.5) is 4.79 Å². The molecule has 0 bridgehead atoms. The third kappa shape index (κ3) is 3.71. The molecule has 1 aliphatic rings. The van der Waals surface area contributed by atoms with E-state index in [4.69, 9.17) is 0 Å². The van der Waals surface area contributed by atoms with E-state index in [-0.39, 0.29) is 11.9 Å². The highest BCUT2D eigenvalue weighted by Gasteiger charge is 2.39. The number of hydrogen-bond donors (Lipinski definition) is 3. The largest absolute Gasteiger partial charge is 0.345 e. The molecule has 124 valence electrons. The fourth-order valence-corrected chi connectivity index (χ4v) is 2.90. The van der Waals surface area contributed by atoms with Crippen LogP contribution in [0.5, 0.6) is 0 Å². The number of rotatable bonds is 5. The van der Waals surface area contributed by atoms with Gasteiger partial charge < -0.3 is 16.0 Å². The summed E-state index contributed by atoms with van der Waals surface area (Å²) in [7, 11) is 0. The summed E-state index contributed by atoms with van der Waals surface area (Å²) in [5.41, 5.74) is 1.45. The van der Waals surface area contributed by atoms with Crippen LogP contribution < -0.4 is 16.0 Å². The molecule has 0 aliphatic carbocycles. The zero-order chi connectivity index (χ0) is 16.8. The Hall–Kier alpha value is -2.89. The average Bonchev–Trinajstić information content (AvgIpc) is 3.02. The second-order valence-corrected chi connectivity index (χ2v) is 5.89. The Morgan fingerprint density at radius 3 is 2.54 bits per heavy atom. The molecule has 3 N–H and O–H groups in total. The predicted octanol–water partition coefficient (Wildman–Crippen LogP) is 1.69. The topological polar surface area (TPSA) is 83.1 Å². The summed E-state index contributed by atoms with van der Waals surface area (Å²) in [6.07, 6.45) is 4.51. The summed E-state index contributed by atoms with van der Waals surface area (Å²) < 4.78 is 0. The Bertz CT molecular complexity index is 705. The first kappa shape index (κ1) is 16.0. The maximum absolute atomic E-state index is 12.1. The Morgan fingerprint density at radius 2 is 1.88 bits per heavy atom. The molecule has 1 aromatic carbocycles. The van der Waals surface area contributed by atoms with Crippen LogP contribution in [0, 0.1) is 0 Å². The first-order chi connectivity index (χ1) is 11.7. The van der Waals surface area contributed by atoms with Gasteiger partial charge in [0.15, 0.2) is 0 Å². The first-order valence-corrected chi connectivity index (χ1v) is 7.95. The highest BCUT2D eigenvalue weighted by molar-refractivity contribution is 5.80. The molecule has 3 amide bonds. The third-order valence-electron chi connectivity index (χ3n) is 4.24. The summed E-state index contributed by atoms with van der Waals surface area (Å²) >= 11 is 0. The number of nitrogens with one attached hydrogen (secondary N) is 3. The molecular weight excluding hydrogens is 304 g/mol. The second-order valence-electron chi connectivity index (χ2n) is 5.89. The van der Waals surface area contributed by atoms with Gasteiger partial charge in [-0.3, -0.25) is 9.78 Å². The molecule has 6 heteroatoms. The van der Waals surface area contributed by atoms with Gasteiger partial charge in [-0.2, -0.15) is 0 Å². The number of pyridine rings is 1. The number of carbonyl (C=O) groups excluding carboxylic acids is 2. The molecule has 2 aromatic rings. The quantitative estimate of drug-likeness (QED) is 0.782. The van der Waals surface area contributed by atoms with E-state index in [9.17, 15) is 9.59 Å². The summed E-state index contributed by atoms with van der Waals surface area (Å²) in [6.45, 7) is 0.782. The van der Waals surface area contributed by atoms with Gasteiger partial charge in [-0.15, -0.1) is 0 Å². The number of urea groups is 1. The summed E-state index contributed by atoms with van der Waals surface area (Å²) in [5, 5.41) is 8.71. The van der Waals surface area contributed by atoms with Gasteiger partial charge in [0.05, 0.1) is 5.54 Å². The number of amides is 3. The lowest BCUT2D eigenvalue weighted by molar-refractivity contribution is -0.119. The molecule has 3 rings (SSSR count). The standard InChI is InChI=1S/C18H20N4O2/c23-16-6-9-18(22-16,15-4-2-1-3-5-15)13-21-17(24)20-12-14-7-10-19-11-8-14/h1-5,7-8,10-11H,6,9,12-13H2,(H,22,23)(H2,20,21,24). The van der Waals surface area contributed by atoms with Crippen LogP contribution in [-0.4, -0.2) is 23.5 Å². The molecule has 1 unspecified atom stereocenters. The molecule has 0 saturated carbocycles. The number of nitrogens with zero attached hydrogens (tertiary/aromatic N) is 1. The van der Waals surface area contributed by atoms with E-state index < -0.39 is 5.54 Å². The van der Waals surface area contributed by atoms with E-state index in [2.05, 4.69) is 20.9 Å². The van der Waals surface area contributed by atoms with Crippen LogP contribution >= 0.6 is 0 Å².